The molecule has 0 bridgehead atoms. The summed E-state index contributed by atoms with van der Waals surface area (Å²) in [5.74, 6) is -0.546. The minimum Gasteiger partial charge on any atom is -0.381 e. The van der Waals surface area contributed by atoms with Crippen molar-refractivity contribution in [3.63, 3.8) is 0 Å². The van der Waals surface area contributed by atoms with Gasteiger partial charge in [-0.1, -0.05) is 55.4 Å². The van der Waals surface area contributed by atoms with E-state index >= 15 is 0 Å². The van der Waals surface area contributed by atoms with Crippen LogP contribution in [0.25, 0.3) is 0 Å². The normalized spacial score (nSPS) is 14.5. The maximum Gasteiger partial charge on any atom is 0.233 e. The summed E-state index contributed by atoms with van der Waals surface area (Å²) in [5.41, 5.74) is 4.87. The molecule has 1 saturated heterocycles. The van der Waals surface area contributed by atoms with Crippen LogP contribution < -0.4 is 21.7 Å². The second kappa shape index (κ2) is 24.2. The first-order valence-electron chi connectivity index (χ1n) is 16.1. The van der Waals surface area contributed by atoms with Crippen LogP contribution in [0.5, 0.6) is 0 Å². The number of nitrogens with one attached hydrogen (secondary N) is 3. The second-order valence-electron chi connectivity index (χ2n) is 13.3. The standard InChI is InChI=1S/C16H28N2O3.C12H23N3O3.C4H11NO/c1-11(2)6-5-8-17-14(19)7-9-18-15(20)10-13(12(3)4)16(18)21;1-12(2,3)8-11(18)15-7-6-14-10(17)5-4-9(13)16;1-3-5(2)4-6/h11-13H,5-10H2,1-4H3,(H,17,19);4-8H2,1-3H3,(H2,13,16)(H,14,17)(H,15,18);6H,3-4H2,1-2H3. The quantitative estimate of drug-likeness (QED) is 0.0900. The third-order valence-electron chi connectivity index (χ3n) is 6.77. The Hall–Kier alpha value is -3.06. The number of aliphatic hydroxyl groups is 1. The average molecular weight is 643 g/mol. The van der Waals surface area contributed by atoms with E-state index in [0.717, 1.165) is 19.4 Å². The summed E-state index contributed by atoms with van der Waals surface area (Å²) in [6.45, 7) is 18.8. The Kier molecular flexibility index (Phi) is 23.7. The topological polar surface area (TPSA) is 191 Å². The first kappa shape index (κ1) is 44.1. The first-order valence-corrected chi connectivity index (χ1v) is 16.1. The Morgan fingerprint density at radius 1 is 0.933 bits per heavy atom. The summed E-state index contributed by atoms with van der Waals surface area (Å²) in [6, 6.07) is 0. The molecule has 1 aliphatic rings. The van der Waals surface area contributed by atoms with Crippen LogP contribution in [0.1, 0.15) is 100 Å². The highest BCUT2D eigenvalue weighted by Gasteiger charge is 2.39. The van der Waals surface area contributed by atoms with Gasteiger partial charge in [-0.3, -0.25) is 38.6 Å². The maximum absolute atomic E-state index is 12.1. The lowest BCUT2D eigenvalue weighted by molar-refractivity contribution is -0.140. The predicted molar refractivity (Wildman–Crippen MR) is 175 cm³/mol. The lowest BCUT2D eigenvalue weighted by Crippen LogP contribution is -2.36. The summed E-state index contributed by atoms with van der Waals surface area (Å²) in [4.78, 5) is 71.7. The molecule has 262 valence electrons. The highest BCUT2D eigenvalue weighted by atomic mass is 16.3. The van der Waals surface area contributed by atoms with Crippen molar-refractivity contribution < 1.29 is 33.9 Å². The number of likely N-dealkylation sites (tertiary alicyclic amines) is 1. The third-order valence-corrected chi connectivity index (χ3v) is 6.77. The Morgan fingerprint density at radius 2 is 1.47 bits per heavy atom. The predicted octanol–water partition coefficient (Wildman–Crippen LogP) is 1.77. The number of imide groups is 1. The van der Waals surface area contributed by atoms with Crippen molar-refractivity contribution in [3.8, 4) is 0 Å². The maximum atomic E-state index is 12.1. The van der Waals surface area contributed by atoms with Crippen LogP contribution in [0.15, 0.2) is 0 Å². The number of carbonyl (C=O) groups is 6. The zero-order valence-corrected chi connectivity index (χ0v) is 29.3. The number of nitrogens with two attached hydrogens (primary N) is 1. The van der Waals surface area contributed by atoms with Gasteiger partial charge in [0, 0.05) is 64.2 Å². The van der Waals surface area contributed by atoms with Gasteiger partial charge >= 0.3 is 0 Å². The van der Waals surface area contributed by atoms with E-state index in [2.05, 4.69) is 29.8 Å². The smallest absolute Gasteiger partial charge is 0.233 e. The number of primary amides is 1. The highest BCUT2D eigenvalue weighted by molar-refractivity contribution is 6.03. The lowest BCUT2D eigenvalue weighted by Gasteiger charge is -2.17. The van der Waals surface area contributed by atoms with Crippen molar-refractivity contribution in [3.05, 3.63) is 0 Å². The fraction of sp³-hybridized carbons (Fsp3) is 0.812. The highest BCUT2D eigenvalue weighted by Crippen LogP contribution is 2.26. The van der Waals surface area contributed by atoms with Crippen LogP contribution in [-0.4, -0.2) is 96.9 Å². The van der Waals surface area contributed by atoms with Gasteiger partial charge in [0.1, 0.15) is 0 Å². The van der Waals surface area contributed by atoms with Crippen molar-refractivity contribution in [1.82, 2.24) is 25.8 Å². The zero-order chi connectivity index (χ0) is 35.2. The molecule has 6 amide bonds. The molecule has 0 aromatic carbocycles. The van der Waals surface area contributed by atoms with Crippen LogP contribution in [0.2, 0.25) is 0 Å². The Bertz CT molecular complexity index is 914. The van der Waals surface area contributed by atoms with E-state index in [0.29, 0.717) is 32.0 Å². The molecule has 1 unspecified atom stereocenters. The van der Waals surface area contributed by atoms with E-state index in [1.54, 1.807) is 4.90 Å². The minimum absolute atomic E-state index is 0.0334. The van der Waals surface area contributed by atoms with Gasteiger partial charge in [-0.25, -0.2) is 0 Å². The SMILES string of the molecule is CC(C)(C)CC(=O)NCCNC(=O)CCC(N)=O.CC(C)CCCNC(=O)CCN1C(=O)CC(C(C)C)C1=O.CCN(C)CO. The largest absolute Gasteiger partial charge is 0.381 e. The third kappa shape index (κ3) is 24.9. The molecule has 0 saturated carbocycles. The molecule has 1 heterocycles. The Labute approximate surface area is 270 Å². The summed E-state index contributed by atoms with van der Waals surface area (Å²) in [6.07, 6.45) is 3.10. The van der Waals surface area contributed by atoms with E-state index < -0.39 is 5.91 Å². The first-order chi connectivity index (χ1) is 20.8. The number of amides is 6. The van der Waals surface area contributed by atoms with E-state index in [9.17, 15) is 28.8 Å². The van der Waals surface area contributed by atoms with Gasteiger partial charge < -0.3 is 26.8 Å². The second-order valence-corrected chi connectivity index (χ2v) is 13.3. The number of aliphatic hydroxyl groups excluding tert-OH is 1. The summed E-state index contributed by atoms with van der Waals surface area (Å²) < 4.78 is 0. The molecule has 1 aliphatic heterocycles. The van der Waals surface area contributed by atoms with Gasteiger partial charge in [0.25, 0.3) is 0 Å². The van der Waals surface area contributed by atoms with Gasteiger partial charge in [0.2, 0.25) is 35.4 Å². The van der Waals surface area contributed by atoms with Gasteiger partial charge in [0.15, 0.2) is 0 Å². The van der Waals surface area contributed by atoms with Crippen molar-refractivity contribution in [2.75, 3.05) is 46.5 Å². The molecule has 13 heteroatoms. The van der Waals surface area contributed by atoms with Crippen LogP contribution in [-0.2, 0) is 28.8 Å². The minimum atomic E-state index is -0.497. The average Bonchev–Trinajstić information content (AvgIpc) is 3.23. The number of carbonyl (C=O) groups excluding carboxylic acids is 6. The molecule has 45 heavy (non-hydrogen) atoms. The van der Waals surface area contributed by atoms with E-state index in [1.165, 1.54) is 4.90 Å². The van der Waals surface area contributed by atoms with E-state index in [1.807, 2.05) is 48.6 Å². The molecule has 1 fully saturated rings. The van der Waals surface area contributed by atoms with Crippen molar-refractivity contribution in [2.45, 2.75) is 100 Å². The monoisotopic (exact) mass is 642 g/mol. The molecular formula is C32H62N6O7. The molecule has 1 rings (SSSR count). The molecule has 6 N–H and O–H groups in total. The fourth-order valence-corrected chi connectivity index (χ4v) is 3.88. The van der Waals surface area contributed by atoms with E-state index in [-0.39, 0.29) is 85.7 Å². The van der Waals surface area contributed by atoms with Gasteiger partial charge in [-0.15, -0.1) is 0 Å². The van der Waals surface area contributed by atoms with Crippen LogP contribution in [0, 0.1) is 23.2 Å². The zero-order valence-electron chi connectivity index (χ0n) is 29.3. The van der Waals surface area contributed by atoms with Crippen LogP contribution in [0.3, 0.4) is 0 Å². The van der Waals surface area contributed by atoms with Crippen molar-refractivity contribution in [1.29, 1.82) is 0 Å². The molecular weight excluding hydrogens is 580 g/mol. The van der Waals surface area contributed by atoms with Gasteiger partial charge in [-0.05, 0) is 43.7 Å². The molecule has 0 aromatic rings. The molecule has 0 aromatic heterocycles. The lowest BCUT2D eigenvalue weighted by atomic mass is 9.92. The van der Waals surface area contributed by atoms with Crippen LogP contribution in [0.4, 0.5) is 0 Å². The number of hydrogen-bond acceptors (Lipinski definition) is 8. The van der Waals surface area contributed by atoms with Crippen LogP contribution >= 0.6 is 0 Å². The summed E-state index contributed by atoms with van der Waals surface area (Å²) in [5, 5.41) is 16.4. The summed E-state index contributed by atoms with van der Waals surface area (Å²) in [7, 11) is 1.86. The Balaban J connectivity index is 0. The molecule has 1 atom stereocenters. The number of rotatable bonds is 17. The summed E-state index contributed by atoms with van der Waals surface area (Å²) >= 11 is 0. The molecule has 0 spiro atoms. The van der Waals surface area contributed by atoms with Gasteiger partial charge in [0.05, 0.1) is 6.73 Å². The number of hydrogen-bond donors (Lipinski definition) is 5. The fourth-order valence-electron chi connectivity index (χ4n) is 3.88. The van der Waals surface area contributed by atoms with Crippen molar-refractivity contribution in [2.24, 2.45) is 28.9 Å². The Morgan fingerprint density at radius 3 is 1.89 bits per heavy atom. The number of nitrogens with zero attached hydrogens (tertiary/aromatic N) is 2. The molecule has 0 radical (unpaired) electrons. The van der Waals surface area contributed by atoms with E-state index in [4.69, 9.17) is 10.8 Å². The van der Waals surface area contributed by atoms with Crippen molar-refractivity contribution >= 4 is 35.4 Å². The molecule has 13 nitrogen and oxygen atoms in total. The molecule has 0 aliphatic carbocycles. The van der Waals surface area contributed by atoms with Gasteiger partial charge in [-0.2, -0.15) is 0 Å².